The maximum absolute atomic E-state index is 5.16. The third-order valence-electron chi connectivity index (χ3n) is 1.22. The van der Waals surface area contributed by atoms with Gasteiger partial charge in [-0.3, -0.25) is 5.43 Å². The van der Waals surface area contributed by atoms with Crippen molar-refractivity contribution < 1.29 is 0 Å². The highest BCUT2D eigenvalue weighted by atomic mass is 32.1. The summed E-state index contributed by atoms with van der Waals surface area (Å²) in [5.74, 6) is 5.99. The smallest absolute Gasteiger partial charge is 0.216 e. The average Bonchev–Trinajstić information content (AvgIpc) is 2.32. The van der Waals surface area contributed by atoms with E-state index in [1.807, 2.05) is 0 Å². The predicted molar refractivity (Wildman–Crippen MR) is 46.4 cm³/mol. The van der Waals surface area contributed by atoms with Crippen LogP contribution in [0.15, 0.2) is 0 Å². The number of rotatable bonds is 1. The van der Waals surface area contributed by atoms with Gasteiger partial charge in [0.25, 0.3) is 0 Å². The first kappa shape index (κ1) is 8.42. The third-order valence-corrected chi connectivity index (χ3v) is 1.87. The molecule has 0 atom stereocenters. The SMILES string of the molecule is CC(C)(C)c1nsc(NN)n1. The lowest BCUT2D eigenvalue weighted by molar-refractivity contribution is 0.555. The van der Waals surface area contributed by atoms with Crippen LogP contribution >= 0.6 is 11.5 Å². The summed E-state index contributed by atoms with van der Waals surface area (Å²) in [7, 11) is 0. The zero-order chi connectivity index (χ0) is 8.48. The molecule has 5 heteroatoms. The molecule has 0 saturated heterocycles. The molecule has 1 aromatic heterocycles. The van der Waals surface area contributed by atoms with Crippen molar-refractivity contribution in [2.45, 2.75) is 26.2 Å². The number of anilines is 1. The normalized spacial score (nSPS) is 11.6. The van der Waals surface area contributed by atoms with E-state index in [0.717, 1.165) is 5.82 Å². The second-order valence-electron chi connectivity index (χ2n) is 3.32. The minimum Gasteiger partial charge on any atom is -0.299 e. The second-order valence-corrected chi connectivity index (χ2v) is 4.07. The zero-order valence-electron chi connectivity index (χ0n) is 6.88. The number of hydrazine groups is 1. The number of hydrogen-bond donors (Lipinski definition) is 2. The molecule has 0 radical (unpaired) electrons. The zero-order valence-corrected chi connectivity index (χ0v) is 7.70. The third kappa shape index (κ3) is 1.87. The Morgan fingerprint density at radius 3 is 2.36 bits per heavy atom. The number of nitrogens with zero attached hydrogens (tertiary/aromatic N) is 2. The van der Waals surface area contributed by atoms with Crippen LogP contribution in [0.25, 0.3) is 0 Å². The Morgan fingerprint density at radius 2 is 2.09 bits per heavy atom. The summed E-state index contributed by atoms with van der Waals surface area (Å²) in [5.41, 5.74) is 2.47. The van der Waals surface area contributed by atoms with Gasteiger partial charge in [-0.15, -0.1) is 0 Å². The van der Waals surface area contributed by atoms with E-state index in [1.54, 1.807) is 0 Å². The first-order chi connectivity index (χ1) is 5.04. The molecular weight excluding hydrogens is 160 g/mol. The molecule has 11 heavy (non-hydrogen) atoms. The summed E-state index contributed by atoms with van der Waals surface area (Å²) < 4.78 is 4.15. The van der Waals surface area contributed by atoms with E-state index in [-0.39, 0.29) is 5.41 Å². The minimum atomic E-state index is 0.00556. The van der Waals surface area contributed by atoms with Crippen molar-refractivity contribution in [3.63, 3.8) is 0 Å². The van der Waals surface area contributed by atoms with Crippen LogP contribution in [-0.2, 0) is 5.41 Å². The van der Waals surface area contributed by atoms with Gasteiger partial charge in [-0.25, -0.2) is 10.8 Å². The summed E-state index contributed by atoms with van der Waals surface area (Å²) in [6.45, 7) is 6.19. The van der Waals surface area contributed by atoms with Gasteiger partial charge in [0.05, 0.1) is 0 Å². The molecule has 0 amide bonds. The van der Waals surface area contributed by atoms with E-state index in [0.29, 0.717) is 5.13 Å². The van der Waals surface area contributed by atoms with Gasteiger partial charge in [-0.1, -0.05) is 20.8 Å². The van der Waals surface area contributed by atoms with Crippen LogP contribution in [0.4, 0.5) is 5.13 Å². The van der Waals surface area contributed by atoms with Gasteiger partial charge in [-0.2, -0.15) is 4.37 Å². The van der Waals surface area contributed by atoms with Crippen molar-refractivity contribution in [1.29, 1.82) is 0 Å². The molecule has 0 spiro atoms. The largest absolute Gasteiger partial charge is 0.299 e. The minimum absolute atomic E-state index is 0.00556. The molecule has 1 rings (SSSR count). The molecule has 0 aliphatic carbocycles. The van der Waals surface area contributed by atoms with Crippen molar-refractivity contribution in [3.8, 4) is 0 Å². The molecule has 0 aliphatic heterocycles. The molecule has 1 aromatic rings. The number of nitrogens with two attached hydrogens (primary N) is 1. The average molecular weight is 172 g/mol. The van der Waals surface area contributed by atoms with E-state index in [2.05, 4.69) is 35.6 Å². The molecule has 62 valence electrons. The van der Waals surface area contributed by atoms with Gasteiger partial charge in [0.2, 0.25) is 5.13 Å². The van der Waals surface area contributed by atoms with Crippen molar-refractivity contribution in [1.82, 2.24) is 9.36 Å². The lowest BCUT2D eigenvalue weighted by Crippen LogP contribution is -2.14. The Bertz CT molecular complexity index is 237. The molecule has 3 N–H and O–H groups in total. The van der Waals surface area contributed by atoms with Crippen LogP contribution in [0.2, 0.25) is 0 Å². The predicted octanol–water partition coefficient (Wildman–Crippen LogP) is 1.12. The molecular formula is C6H12N4S. The first-order valence-electron chi connectivity index (χ1n) is 3.35. The maximum atomic E-state index is 5.16. The van der Waals surface area contributed by atoms with E-state index < -0.39 is 0 Å². The quantitative estimate of drug-likeness (QED) is 0.492. The summed E-state index contributed by atoms with van der Waals surface area (Å²) in [5, 5.41) is 0.662. The standard InChI is InChI=1S/C6H12N4S/c1-6(2,3)4-8-5(9-7)11-10-4/h7H2,1-3H3,(H,8,9,10). The van der Waals surface area contributed by atoms with Crippen LogP contribution in [0, 0.1) is 0 Å². The Balaban J connectivity index is 2.89. The number of aromatic nitrogens is 2. The molecule has 0 saturated carbocycles. The highest BCUT2D eigenvalue weighted by Crippen LogP contribution is 2.21. The van der Waals surface area contributed by atoms with Crippen molar-refractivity contribution in [2.24, 2.45) is 5.84 Å². The van der Waals surface area contributed by atoms with Crippen LogP contribution in [-0.4, -0.2) is 9.36 Å². The van der Waals surface area contributed by atoms with Crippen molar-refractivity contribution >= 4 is 16.7 Å². The topological polar surface area (TPSA) is 63.8 Å². The fraction of sp³-hybridized carbons (Fsp3) is 0.667. The van der Waals surface area contributed by atoms with E-state index in [4.69, 9.17) is 5.84 Å². The highest BCUT2D eigenvalue weighted by Gasteiger charge is 2.18. The van der Waals surface area contributed by atoms with Gasteiger partial charge in [-0.05, 0) is 0 Å². The Kier molecular flexibility index (Phi) is 2.10. The van der Waals surface area contributed by atoms with Crippen LogP contribution in [0.1, 0.15) is 26.6 Å². The summed E-state index contributed by atoms with van der Waals surface area (Å²) >= 11 is 1.28. The van der Waals surface area contributed by atoms with Gasteiger partial charge >= 0.3 is 0 Å². The van der Waals surface area contributed by atoms with Crippen molar-refractivity contribution in [3.05, 3.63) is 5.82 Å². The molecule has 0 aliphatic rings. The molecule has 4 nitrogen and oxygen atoms in total. The number of nitrogen functional groups attached to an aromatic ring is 1. The molecule has 0 fully saturated rings. The van der Waals surface area contributed by atoms with E-state index >= 15 is 0 Å². The second kappa shape index (κ2) is 2.75. The van der Waals surface area contributed by atoms with Crippen LogP contribution in [0.3, 0.4) is 0 Å². The highest BCUT2D eigenvalue weighted by molar-refractivity contribution is 7.09. The van der Waals surface area contributed by atoms with E-state index in [1.165, 1.54) is 11.5 Å². The molecule has 0 bridgehead atoms. The first-order valence-corrected chi connectivity index (χ1v) is 4.12. The molecule has 0 unspecified atom stereocenters. The molecule has 0 aromatic carbocycles. The molecule has 1 heterocycles. The summed E-state index contributed by atoms with van der Waals surface area (Å²) in [6.07, 6.45) is 0. The monoisotopic (exact) mass is 172 g/mol. The van der Waals surface area contributed by atoms with Gasteiger partial charge in [0.1, 0.15) is 5.82 Å². The Labute approximate surface area is 70.0 Å². The van der Waals surface area contributed by atoms with Crippen LogP contribution < -0.4 is 11.3 Å². The summed E-state index contributed by atoms with van der Waals surface area (Å²) in [4.78, 5) is 4.17. The van der Waals surface area contributed by atoms with Crippen LogP contribution in [0.5, 0.6) is 0 Å². The van der Waals surface area contributed by atoms with E-state index in [9.17, 15) is 0 Å². The lowest BCUT2D eigenvalue weighted by Gasteiger charge is -2.11. The Hall–Kier alpha value is -0.680. The lowest BCUT2D eigenvalue weighted by atomic mass is 9.96. The Morgan fingerprint density at radius 1 is 1.45 bits per heavy atom. The maximum Gasteiger partial charge on any atom is 0.216 e. The van der Waals surface area contributed by atoms with Gasteiger partial charge in [0.15, 0.2) is 0 Å². The fourth-order valence-corrected chi connectivity index (χ4v) is 1.25. The van der Waals surface area contributed by atoms with Gasteiger partial charge in [0, 0.05) is 16.9 Å². The number of nitrogens with one attached hydrogen (secondary N) is 1. The summed E-state index contributed by atoms with van der Waals surface area (Å²) in [6, 6.07) is 0. The number of hydrogen-bond acceptors (Lipinski definition) is 5. The fourth-order valence-electron chi connectivity index (χ4n) is 0.587. The van der Waals surface area contributed by atoms with Gasteiger partial charge < -0.3 is 0 Å². The van der Waals surface area contributed by atoms with Crippen molar-refractivity contribution in [2.75, 3.05) is 5.43 Å².